The lowest BCUT2D eigenvalue weighted by molar-refractivity contribution is 0.0697. The van der Waals surface area contributed by atoms with Crippen LogP contribution >= 0.6 is 23.2 Å². The van der Waals surface area contributed by atoms with Crippen molar-refractivity contribution in [3.63, 3.8) is 0 Å². The van der Waals surface area contributed by atoms with Crippen LogP contribution in [0.2, 0.25) is 10.0 Å². The van der Waals surface area contributed by atoms with Crippen molar-refractivity contribution in [2.24, 2.45) is 0 Å². The van der Waals surface area contributed by atoms with E-state index in [1.54, 1.807) is 11.0 Å². The summed E-state index contributed by atoms with van der Waals surface area (Å²) in [5.74, 6) is -0.147. The number of nitrogens with zero attached hydrogens (tertiary/aromatic N) is 3. The molecule has 0 aliphatic carbocycles. The summed E-state index contributed by atoms with van der Waals surface area (Å²) in [6, 6.07) is 12.1. The van der Waals surface area contributed by atoms with Gasteiger partial charge in [0, 0.05) is 36.6 Å². The SMILES string of the molecule is Cc1ccc2nc(C)c(C(=O)N3CCN(S(=O)(=O)c4cc(Cl)ccc4Cl)CC3)cc2c1. The standard InChI is InChI=1S/C22H21Cl2N3O3S/c1-14-3-6-20-16(11-14)12-18(15(2)25-20)22(28)26-7-9-27(10-8-26)31(29,30)21-13-17(23)4-5-19(21)24/h3-6,11-13H,7-10H2,1-2H3. The third-order valence-corrected chi connectivity index (χ3v) is 8.04. The first-order chi connectivity index (χ1) is 14.7. The van der Waals surface area contributed by atoms with Crippen LogP contribution in [0.15, 0.2) is 47.4 Å². The molecule has 6 nitrogen and oxygen atoms in total. The Morgan fingerprint density at radius 2 is 1.68 bits per heavy atom. The zero-order valence-corrected chi connectivity index (χ0v) is 19.4. The summed E-state index contributed by atoms with van der Waals surface area (Å²) in [5, 5.41) is 1.33. The fourth-order valence-corrected chi connectivity index (χ4v) is 5.88. The topological polar surface area (TPSA) is 70.6 Å². The monoisotopic (exact) mass is 477 g/mol. The Balaban J connectivity index is 1.54. The van der Waals surface area contributed by atoms with Crippen LogP contribution in [0, 0.1) is 13.8 Å². The second kappa shape index (κ2) is 8.39. The Morgan fingerprint density at radius 1 is 0.968 bits per heavy atom. The van der Waals surface area contributed by atoms with Crippen LogP contribution in [0.3, 0.4) is 0 Å². The average Bonchev–Trinajstić information content (AvgIpc) is 2.74. The zero-order chi connectivity index (χ0) is 22.3. The first-order valence-electron chi connectivity index (χ1n) is 9.79. The van der Waals surface area contributed by atoms with Gasteiger partial charge in [-0.25, -0.2) is 8.42 Å². The van der Waals surface area contributed by atoms with Gasteiger partial charge in [0.25, 0.3) is 5.91 Å². The molecule has 0 unspecified atom stereocenters. The van der Waals surface area contributed by atoms with Gasteiger partial charge in [0.15, 0.2) is 0 Å². The number of hydrogen-bond acceptors (Lipinski definition) is 4. The highest BCUT2D eigenvalue weighted by molar-refractivity contribution is 7.89. The predicted molar refractivity (Wildman–Crippen MR) is 122 cm³/mol. The van der Waals surface area contributed by atoms with Crippen molar-refractivity contribution in [2.45, 2.75) is 18.7 Å². The van der Waals surface area contributed by atoms with Crippen molar-refractivity contribution in [1.82, 2.24) is 14.2 Å². The smallest absolute Gasteiger partial charge is 0.255 e. The molecule has 1 saturated heterocycles. The van der Waals surface area contributed by atoms with E-state index in [4.69, 9.17) is 23.2 Å². The number of fused-ring (bicyclic) bond motifs is 1. The highest BCUT2D eigenvalue weighted by Gasteiger charge is 2.32. The highest BCUT2D eigenvalue weighted by Crippen LogP contribution is 2.28. The molecule has 1 amide bonds. The number of halogens is 2. The van der Waals surface area contributed by atoms with Gasteiger partial charge in [-0.15, -0.1) is 0 Å². The molecule has 0 radical (unpaired) electrons. The molecule has 9 heteroatoms. The van der Waals surface area contributed by atoms with Gasteiger partial charge in [-0.3, -0.25) is 9.78 Å². The van der Waals surface area contributed by atoms with Gasteiger partial charge in [-0.2, -0.15) is 4.31 Å². The summed E-state index contributed by atoms with van der Waals surface area (Å²) >= 11 is 12.1. The third-order valence-electron chi connectivity index (χ3n) is 5.43. The van der Waals surface area contributed by atoms with Gasteiger partial charge in [-0.05, 0) is 50.2 Å². The van der Waals surface area contributed by atoms with Crippen LogP contribution in [-0.2, 0) is 10.0 Å². The minimum absolute atomic E-state index is 0.0219. The fourth-order valence-electron chi connectivity index (χ4n) is 3.72. The zero-order valence-electron chi connectivity index (χ0n) is 17.1. The van der Waals surface area contributed by atoms with E-state index in [1.165, 1.54) is 16.4 Å². The number of amides is 1. The third kappa shape index (κ3) is 4.28. The fraction of sp³-hybridized carbons (Fsp3) is 0.273. The Hall–Kier alpha value is -2.19. The number of piperazine rings is 1. The van der Waals surface area contributed by atoms with E-state index in [1.807, 2.05) is 38.1 Å². The maximum Gasteiger partial charge on any atom is 0.255 e. The lowest BCUT2D eigenvalue weighted by Gasteiger charge is -2.34. The maximum absolute atomic E-state index is 13.2. The Bertz CT molecular complexity index is 1290. The maximum atomic E-state index is 13.2. The number of benzene rings is 2. The van der Waals surface area contributed by atoms with Gasteiger partial charge in [-0.1, -0.05) is 34.8 Å². The molecule has 2 aromatic carbocycles. The van der Waals surface area contributed by atoms with Gasteiger partial charge >= 0.3 is 0 Å². The molecule has 0 saturated carbocycles. The van der Waals surface area contributed by atoms with Crippen LogP contribution in [0.25, 0.3) is 10.9 Å². The number of rotatable bonds is 3. The van der Waals surface area contributed by atoms with Gasteiger partial charge in [0.05, 0.1) is 21.8 Å². The van der Waals surface area contributed by atoms with E-state index >= 15 is 0 Å². The lowest BCUT2D eigenvalue weighted by atomic mass is 10.1. The van der Waals surface area contributed by atoms with E-state index in [2.05, 4.69) is 4.98 Å². The van der Waals surface area contributed by atoms with E-state index in [9.17, 15) is 13.2 Å². The molecule has 4 rings (SSSR count). The molecule has 0 atom stereocenters. The molecule has 1 aliphatic rings. The molecule has 1 aliphatic heterocycles. The van der Waals surface area contributed by atoms with Gasteiger partial charge in [0.1, 0.15) is 4.90 Å². The van der Waals surface area contributed by atoms with Crippen molar-refractivity contribution in [3.8, 4) is 0 Å². The number of hydrogen-bond donors (Lipinski definition) is 0. The Labute approximate surface area is 191 Å². The summed E-state index contributed by atoms with van der Waals surface area (Å²) in [4.78, 5) is 19.4. The number of carbonyl (C=O) groups is 1. The first kappa shape index (κ1) is 22.0. The molecule has 0 spiro atoms. The molecule has 0 N–H and O–H groups in total. The Kier molecular flexibility index (Phi) is 5.96. The molecule has 1 aromatic heterocycles. The molecule has 1 fully saturated rings. The van der Waals surface area contributed by atoms with Crippen molar-refractivity contribution >= 4 is 50.0 Å². The van der Waals surface area contributed by atoms with Crippen molar-refractivity contribution in [1.29, 1.82) is 0 Å². The van der Waals surface area contributed by atoms with Crippen molar-refractivity contribution in [2.75, 3.05) is 26.2 Å². The van der Waals surface area contributed by atoms with E-state index < -0.39 is 10.0 Å². The first-order valence-corrected chi connectivity index (χ1v) is 12.0. The van der Waals surface area contributed by atoms with Crippen LogP contribution in [0.5, 0.6) is 0 Å². The number of aryl methyl sites for hydroxylation is 2. The summed E-state index contributed by atoms with van der Waals surface area (Å²) in [7, 11) is -3.80. The largest absolute Gasteiger partial charge is 0.336 e. The minimum atomic E-state index is -3.80. The molecule has 2 heterocycles. The van der Waals surface area contributed by atoms with Crippen LogP contribution in [-0.4, -0.2) is 54.7 Å². The predicted octanol–water partition coefficient (Wildman–Crippen LogP) is 4.31. The highest BCUT2D eigenvalue weighted by atomic mass is 35.5. The quantitative estimate of drug-likeness (QED) is 0.563. The second-order valence-corrected chi connectivity index (χ2v) is 10.3. The Morgan fingerprint density at radius 3 is 2.39 bits per heavy atom. The van der Waals surface area contributed by atoms with Gasteiger partial charge in [0.2, 0.25) is 10.0 Å². The average molecular weight is 478 g/mol. The summed E-state index contributed by atoms with van der Waals surface area (Å²) in [6.07, 6.45) is 0. The molecule has 162 valence electrons. The summed E-state index contributed by atoms with van der Waals surface area (Å²) in [6.45, 7) is 4.72. The summed E-state index contributed by atoms with van der Waals surface area (Å²) < 4.78 is 27.4. The van der Waals surface area contributed by atoms with Gasteiger partial charge < -0.3 is 4.90 Å². The lowest BCUT2D eigenvalue weighted by Crippen LogP contribution is -2.50. The normalized spacial score (nSPS) is 15.4. The number of carbonyl (C=O) groups excluding carboxylic acids is 1. The molecular weight excluding hydrogens is 457 g/mol. The number of sulfonamides is 1. The van der Waals surface area contributed by atoms with E-state index in [-0.39, 0.29) is 42.0 Å². The number of aromatic nitrogens is 1. The second-order valence-electron chi connectivity index (χ2n) is 7.59. The molecule has 3 aromatic rings. The van der Waals surface area contributed by atoms with E-state index in [0.717, 1.165) is 16.5 Å². The van der Waals surface area contributed by atoms with Crippen molar-refractivity contribution in [3.05, 3.63) is 69.3 Å². The van der Waals surface area contributed by atoms with Crippen molar-refractivity contribution < 1.29 is 13.2 Å². The molecule has 31 heavy (non-hydrogen) atoms. The van der Waals surface area contributed by atoms with Crippen LogP contribution < -0.4 is 0 Å². The summed E-state index contributed by atoms with van der Waals surface area (Å²) in [5.41, 5.74) is 3.12. The number of pyridine rings is 1. The van der Waals surface area contributed by atoms with Crippen LogP contribution in [0.1, 0.15) is 21.6 Å². The minimum Gasteiger partial charge on any atom is -0.336 e. The molecule has 0 bridgehead atoms. The molecular formula is C22H21Cl2N3O3S. The van der Waals surface area contributed by atoms with E-state index in [0.29, 0.717) is 16.3 Å². The van der Waals surface area contributed by atoms with Crippen LogP contribution in [0.4, 0.5) is 0 Å².